The highest BCUT2D eigenvalue weighted by Gasteiger charge is 2.21. The van der Waals surface area contributed by atoms with Crippen molar-refractivity contribution in [2.24, 2.45) is 0 Å². The third-order valence-electron chi connectivity index (χ3n) is 7.51. The number of hydrogen-bond acceptors (Lipinski definition) is 6. The summed E-state index contributed by atoms with van der Waals surface area (Å²) in [5.74, 6) is 1.03. The Bertz CT molecular complexity index is 1940. The summed E-state index contributed by atoms with van der Waals surface area (Å²) in [6, 6.07) is 37.7. The molecule has 0 bridgehead atoms. The van der Waals surface area contributed by atoms with Crippen LogP contribution in [0.25, 0.3) is 44.8 Å². The van der Waals surface area contributed by atoms with E-state index in [1.165, 1.54) is 12.2 Å². The summed E-state index contributed by atoms with van der Waals surface area (Å²) >= 11 is 0. The van der Waals surface area contributed by atoms with E-state index in [4.69, 9.17) is 18.9 Å². The maximum atomic E-state index is 13.2. The fourth-order valence-corrected chi connectivity index (χ4v) is 5.23. The maximum Gasteiger partial charge on any atom is 0.336 e. The van der Waals surface area contributed by atoms with E-state index in [2.05, 4.69) is 0 Å². The van der Waals surface area contributed by atoms with E-state index in [1.54, 1.807) is 38.5 Å². The van der Waals surface area contributed by atoms with Crippen LogP contribution in [0, 0.1) is 0 Å². The van der Waals surface area contributed by atoms with Crippen LogP contribution < -0.4 is 18.9 Å². The van der Waals surface area contributed by atoms with Gasteiger partial charge < -0.3 is 18.9 Å². The van der Waals surface area contributed by atoms with E-state index in [0.29, 0.717) is 22.6 Å². The van der Waals surface area contributed by atoms with Crippen LogP contribution in [0.2, 0.25) is 0 Å². The van der Waals surface area contributed by atoms with E-state index in [-0.39, 0.29) is 0 Å². The van der Waals surface area contributed by atoms with Gasteiger partial charge in [0.1, 0.15) is 23.0 Å². The van der Waals surface area contributed by atoms with E-state index >= 15 is 0 Å². The molecule has 6 nitrogen and oxygen atoms in total. The first-order valence-electron chi connectivity index (χ1n) is 14.6. The van der Waals surface area contributed by atoms with Gasteiger partial charge in [-0.3, -0.25) is 0 Å². The summed E-state index contributed by atoms with van der Waals surface area (Å²) in [4.78, 5) is 26.4. The average molecular weight is 607 g/mol. The zero-order chi connectivity index (χ0) is 31.9. The first kappa shape index (κ1) is 29.9. The number of rotatable bonds is 9. The highest BCUT2D eigenvalue weighted by Crippen LogP contribution is 2.45. The minimum atomic E-state index is -0.548. The molecule has 0 atom stereocenters. The minimum absolute atomic E-state index is 0.338. The van der Waals surface area contributed by atoms with Crippen LogP contribution in [0.1, 0.15) is 11.1 Å². The molecule has 46 heavy (non-hydrogen) atoms. The molecule has 0 radical (unpaired) electrons. The van der Waals surface area contributed by atoms with Gasteiger partial charge in [0, 0.05) is 23.3 Å². The number of methoxy groups -OCH3 is 2. The smallest absolute Gasteiger partial charge is 0.336 e. The molecule has 0 aliphatic heterocycles. The fourth-order valence-electron chi connectivity index (χ4n) is 5.23. The van der Waals surface area contributed by atoms with Gasteiger partial charge in [0.2, 0.25) is 0 Å². The largest absolute Gasteiger partial charge is 0.497 e. The topological polar surface area (TPSA) is 71.1 Å². The lowest BCUT2D eigenvalue weighted by Crippen LogP contribution is -2.07. The van der Waals surface area contributed by atoms with E-state index in [0.717, 1.165) is 44.2 Å². The van der Waals surface area contributed by atoms with Crippen molar-refractivity contribution in [3.05, 3.63) is 145 Å². The van der Waals surface area contributed by atoms with Crippen LogP contribution >= 0.6 is 0 Å². The molecule has 6 aromatic carbocycles. The molecule has 0 aliphatic rings. The number of esters is 2. The maximum absolute atomic E-state index is 13.2. The second kappa shape index (κ2) is 13.7. The molecule has 0 heterocycles. The molecule has 0 saturated heterocycles. The Morgan fingerprint density at radius 2 is 0.870 bits per heavy atom. The predicted molar refractivity (Wildman–Crippen MR) is 182 cm³/mol. The first-order chi connectivity index (χ1) is 22.5. The molecular formula is C40H30O6. The zero-order valence-corrected chi connectivity index (χ0v) is 25.3. The van der Waals surface area contributed by atoms with Gasteiger partial charge in [0.05, 0.1) is 14.2 Å². The summed E-state index contributed by atoms with van der Waals surface area (Å²) in [7, 11) is 3.20. The van der Waals surface area contributed by atoms with Crippen molar-refractivity contribution in [2.45, 2.75) is 0 Å². The van der Waals surface area contributed by atoms with Crippen molar-refractivity contribution >= 4 is 45.6 Å². The molecule has 226 valence electrons. The lowest BCUT2D eigenvalue weighted by Gasteiger charge is -2.18. The van der Waals surface area contributed by atoms with Crippen molar-refractivity contribution < 1.29 is 28.5 Å². The molecular weight excluding hydrogens is 576 g/mol. The van der Waals surface area contributed by atoms with Gasteiger partial charge in [0.25, 0.3) is 0 Å². The Kier molecular flexibility index (Phi) is 8.88. The van der Waals surface area contributed by atoms with Gasteiger partial charge in [-0.2, -0.15) is 0 Å². The van der Waals surface area contributed by atoms with Gasteiger partial charge in [0.15, 0.2) is 0 Å². The number of fused-ring (bicyclic) bond motifs is 2. The summed E-state index contributed by atoms with van der Waals surface area (Å²) in [5, 5.41) is 3.56. The molecule has 0 saturated carbocycles. The minimum Gasteiger partial charge on any atom is -0.497 e. The molecule has 0 unspecified atom stereocenters. The first-order valence-corrected chi connectivity index (χ1v) is 14.6. The molecule has 6 rings (SSSR count). The predicted octanol–water partition coefficient (Wildman–Crippen LogP) is 8.91. The van der Waals surface area contributed by atoms with E-state index in [1.807, 2.05) is 109 Å². The third-order valence-corrected chi connectivity index (χ3v) is 7.51. The van der Waals surface area contributed by atoms with Gasteiger partial charge in [-0.25, -0.2) is 9.59 Å². The zero-order valence-electron chi connectivity index (χ0n) is 25.3. The summed E-state index contributed by atoms with van der Waals surface area (Å²) < 4.78 is 22.4. The van der Waals surface area contributed by atoms with Crippen LogP contribution in [0.15, 0.2) is 133 Å². The fraction of sp³-hybridized carbons (Fsp3) is 0.0500. The summed E-state index contributed by atoms with van der Waals surface area (Å²) in [5.41, 5.74) is 2.93. The Balaban J connectivity index is 1.40. The molecule has 6 aromatic rings. The van der Waals surface area contributed by atoms with Gasteiger partial charge in [-0.15, -0.1) is 0 Å². The molecule has 0 fully saturated rings. The SMILES string of the molecule is COc1ccc(/C=C\C(=O)Oc2ccc3ccccc3c2-c2c(OC(=O)/C=C\c3ccc(OC)cc3)ccc3ccccc23)cc1. The number of hydrogen-bond donors (Lipinski definition) is 0. The quantitative estimate of drug-likeness (QED) is 0.0930. The molecule has 0 N–H and O–H groups in total. The Morgan fingerprint density at radius 3 is 1.26 bits per heavy atom. The second-order valence-corrected chi connectivity index (χ2v) is 10.4. The van der Waals surface area contributed by atoms with Crippen LogP contribution in [0.5, 0.6) is 23.0 Å². The summed E-state index contributed by atoms with van der Waals surface area (Å²) in [6.45, 7) is 0. The highest BCUT2D eigenvalue weighted by molar-refractivity contribution is 6.11. The van der Waals surface area contributed by atoms with Gasteiger partial charge >= 0.3 is 11.9 Å². The second-order valence-electron chi connectivity index (χ2n) is 10.4. The van der Waals surface area contributed by atoms with Crippen LogP contribution in [-0.4, -0.2) is 26.2 Å². The molecule has 0 aliphatic carbocycles. The van der Waals surface area contributed by atoms with Crippen molar-refractivity contribution in [1.29, 1.82) is 0 Å². The lowest BCUT2D eigenvalue weighted by atomic mass is 9.92. The Hall–Kier alpha value is -6.14. The monoisotopic (exact) mass is 606 g/mol. The molecule has 0 spiro atoms. The Labute approximate surface area is 266 Å². The molecule has 0 amide bonds. The van der Waals surface area contributed by atoms with Crippen molar-refractivity contribution in [3.63, 3.8) is 0 Å². The number of benzene rings is 6. The van der Waals surface area contributed by atoms with Crippen molar-refractivity contribution in [1.82, 2.24) is 0 Å². The van der Waals surface area contributed by atoms with Gasteiger partial charge in [-0.05, 0) is 81.2 Å². The van der Waals surface area contributed by atoms with Crippen molar-refractivity contribution in [3.8, 4) is 34.1 Å². The van der Waals surface area contributed by atoms with Crippen LogP contribution in [0.3, 0.4) is 0 Å². The van der Waals surface area contributed by atoms with E-state index < -0.39 is 11.9 Å². The van der Waals surface area contributed by atoms with E-state index in [9.17, 15) is 9.59 Å². The third kappa shape index (κ3) is 6.66. The lowest BCUT2D eigenvalue weighted by molar-refractivity contribution is -0.129. The standard InChI is InChI=1S/C40H30O6/c1-43-31-19-11-27(12-20-31)15-25-37(41)45-35-23-17-29-7-3-5-9-33(29)39(35)40-34-10-6-4-8-30(34)18-24-36(40)46-38(42)26-16-28-13-21-32(44-2)22-14-28/h3-26H,1-2H3/b25-15-,26-16-. The molecule has 6 heteroatoms. The molecule has 0 aromatic heterocycles. The number of carbonyl (C=O) groups is 2. The highest BCUT2D eigenvalue weighted by atomic mass is 16.5. The van der Waals surface area contributed by atoms with Crippen LogP contribution in [0.4, 0.5) is 0 Å². The summed E-state index contributed by atoms with van der Waals surface area (Å²) in [6.07, 6.45) is 6.13. The number of carbonyl (C=O) groups excluding carboxylic acids is 2. The van der Waals surface area contributed by atoms with Gasteiger partial charge in [-0.1, -0.05) is 84.9 Å². The Morgan fingerprint density at radius 1 is 0.478 bits per heavy atom. The average Bonchev–Trinajstić information content (AvgIpc) is 3.10. The van der Waals surface area contributed by atoms with Crippen molar-refractivity contribution in [2.75, 3.05) is 14.2 Å². The van der Waals surface area contributed by atoms with Crippen LogP contribution in [-0.2, 0) is 9.59 Å². The normalized spacial score (nSPS) is 11.3. The number of ether oxygens (including phenoxy) is 4.